The van der Waals surface area contributed by atoms with Crippen LogP contribution in [0.3, 0.4) is 0 Å². The standard InChI is InChI=1S/C16H20O4/c17-11-5-7-16(8-6-11)13-4-2-9-18-14(13)12-3-1-10-19-15(12)20-16/h5-8,12-15H,1-4,9-10H2/t12-,13+,14-,15-/m1/s1. The monoisotopic (exact) mass is 276 g/mol. The number of hydrogen-bond donors (Lipinski definition) is 0. The summed E-state index contributed by atoms with van der Waals surface area (Å²) in [5.41, 5.74) is -0.516. The van der Waals surface area contributed by atoms with E-state index in [1.807, 2.05) is 12.2 Å². The third-order valence-corrected chi connectivity index (χ3v) is 5.02. The molecule has 20 heavy (non-hydrogen) atoms. The van der Waals surface area contributed by atoms with Gasteiger partial charge in [-0.15, -0.1) is 0 Å². The Morgan fingerprint density at radius 3 is 2.65 bits per heavy atom. The number of carbonyl (C=O) groups excluding carboxylic acids is 1. The van der Waals surface area contributed by atoms with Crippen molar-refractivity contribution in [2.45, 2.75) is 43.7 Å². The summed E-state index contributed by atoms with van der Waals surface area (Å²) in [6, 6.07) is 0. The average Bonchev–Trinajstić information content (AvgIpc) is 2.51. The van der Waals surface area contributed by atoms with Gasteiger partial charge in [-0.3, -0.25) is 4.79 Å². The Morgan fingerprint density at radius 2 is 1.80 bits per heavy atom. The molecule has 0 amide bonds. The molecule has 0 bridgehead atoms. The molecule has 0 unspecified atom stereocenters. The average molecular weight is 276 g/mol. The normalized spacial score (nSPS) is 42.3. The fraction of sp³-hybridized carbons (Fsp3) is 0.688. The second-order valence-electron chi connectivity index (χ2n) is 6.17. The van der Waals surface area contributed by atoms with Crippen LogP contribution in [0.5, 0.6) is 0 Å². The molecule has 4 rings (SSSR count). The predicted octanol–water partition coefficient (Wildman–Crippen LogP) is 2.00. The van der Waals surface area contributed by atoms with Gasteiger partial charge >= 0.3 is 0 Å². The summed E-state index contributed by atoms with van der Waals surface area (Å²) in [7, 11) is 0. The summed E-state index contributed by atoms with van der Waals surface area (Å²) in [5.74, 6) is 0.651. The first-order valence-corrected chi connectivity index (χ1v) is 7.62. The van der Waals surface area contributed by atoms with E-state index in [1.165, 1.54) is 0 Å². The van der Waals surface area contributed by atoms with Gasteiger partial charge in [-0.05, 0) is 50.0 Å². The summed E-state index contributed by atoms with van der Waals surface area (Å²) < 4.78 is 18.2. The molecule has 4 aliphatic rings. The van der Waals surface area contributed by atoms with Crippen LogP contribution in [0.15, 0.2) is 24.3 Å². The Kier molecular flexibility index (Phi) is 3.05. The third-order valence-electron chi connectivity index (χ3n) is 5.02. The first kappa shape index (κ1) is 12.7. The van der Waals surface area contributed by atoms with Crippen molar-refractivity contribution in [1.82, 2.24) is 0 Å². The van der Waals surface area contributed by atoms with Crippen molar-refractivity contribution in [2.75, 3.05) is 13.2 Å². The molecule has 4 nitrogen and oxygen atoms in total. The van der Waals surface area contributed by atoms with Crippen molar-refractivity contribution in [3.63, 3.8) is 0 Å². The van der Waals surface area contributed by atoms with Crippen molar-refractivity contribution in [3.8, 4) is 0 Å². The molecule has 4 atom stereocenters. The zero-order valence-electron chi connectivity index (χ0n) is 11.5. The SMILES string of the molecule is O=C1C=CC2(C=C1)O[C@H]1OCCC[C@@H]1[C@H]1OCCC[C@@H]12. The minimum Gasteiger partial charge on any atom is -0.377 e. The van der Waals surface area contributed by atoms with E-state index >= 15 is 0 Å². The lowest BCUT2D eigenvalue weighted by Crippen LogP contribution is -2.61. The highest BCUT2D eigenvalue weighted by Gasteiger charge is 2.54. The number of ether oxygens (including phenoxy) is 3. The first-order chi connectivity index (χ1) is 9.78. The van der Waals surface area contributed by atoms with E-state index in [2.05, 4.69) is 0 Å². The van der Waals surface area contributed by atoms with Crippen LogP contribution in [0.1, 0.15) is 25.7 Å². The molecule has 1 aliphatic carbocycles. The summed E-state index contributed by atoms with van der Waals surface area (Å²) in [6.45, 7) is 1.58. The van der Waals surface area contributed by atoms with E-state index in [-0.39, 0.29) is 18.2 Å². The topological polar surface area (TPSA) is 44.8 Å². The molecule has 0 N–H and O–H groups in total. The zero-order valence-corrected chi connectivity index (χ0v) is 11.5. The minimum atomic E-state index is -0.516. The molecule has 0 aromatic heterocycles. The first-order valence-electron chi connectivity index (χ1n) is 7.62. The van der Waals surface area contributed by atoms with E-state index in [4.69, 9.17) is 14.2 Å². The summed E-state index contributed by atoms with van der Waals surface area (Å²) in [6.07, 6.45) is 11.4. The molecule has 0 aromatic carbocycles. The van der Waals surface area contributed by atoms with Crippen molar-refractivity contribution in [3.05, 3.63) is 24.3 Å². The lowest BCUT2D eigenvalue weighted by Gasteiger charge is -2.54. The molecule has 4 heteroatoms. The smallest absolute Gasteiger partial charge is 0.178 e. The Morgan fingerprint density at radius 1 is 1.05 bits per heavy atom. The molecule has 108 valence electrons. The third kappa shape index (κ3) is 1.90. The molecule has 1 spiro atoms. The summed E-state index contributed by atoms with van der Waals surface area (Å²) in [5, 5.41) is 0. The number of ketones is 1. The number of hydrogen-bond acceptors (Lipinski definition) is 4. The summed E-state index contributed by atoms with van der Waals surface area (Å²) >= 11 is 0. The zero-order chi connectivity index (χ0) is 13.6. The fourth-order valence-electron chi connectivity index (χ4n) is 4.08. The second kappa shape index (κ2) is 4.79. The van der Waals surface area contributed by atoms with Gasteiger partial charge in [-0.25, -0.2) is 0 Å². The van der Waals surface area contributed by atoms with Crippen molar-refractivity contribution in [1.29, 1.82) is 0 Å². The van der Waals surface area contributed by atoms with Crippen LogP contribution >= 0.6 is 0 Å². The van der Waals surface area contributed by atoms with Gasteiger partial charge < -0.3 is 14.2 Å². The van der Waals surface area contributed by atoms with Gasteiger partial charge in [0.25, 0.3) is 0 Å². The van der Waals surface area contributed by atoms with Gasteiger partial charge in [0.15, 0.2) is 12.1 Å². The van der Waals surface area contributed by atoms with Crippen LogP contribution in [-0.2, 0) is 19.0 Å². The maximum atomic E-state index is 11.4. The highest BCUT2D eigenvalue weighted by molar-refractivity contribution is 6.00. The van der Waals surface area contributed by atoms with E-state index < -0.39 is 5.60 Å². The van der Waals surface area contributed by atoms with Gasteiger partial charge in [0.1, 0.15) is 5.60 Å². The van der Waals surface area contributed by atoms with E-state index in [0.717, 1.165) is 38.9 Å². The minimum absolute atomic E-state index is 0.0270. The van der Waals surface area contributed by atoms with Crippen LogP contribution in [0.2, 0.25) is 0 Å². The van der Waals surface area contributed by atoms with Crippen LogP contribution in [0.4, 0.5) is 0 Å². The Hall–Kier alpha value is -0.970. The molecular formula is C16H20O4. The lowest BCUT2D eigenvalue weighted by atomic mass is 9.69. The van der Waals surface area contributed by atoms with Crippen molar-refractivity contribution >= 4 is 5.78 Å². The second-order valence-corrected chi connectivity index (χ2v) is 6.17. The van der Waals surface area contributed by atoms with Crippen LogP contribution in [0, 0.1) is 11.8 Å². The Balaban J connectivity index is 1.70. The molecule has 3 fully saturated rings. The maximum Gasteiger partial charge on any atom is 0.178 e. The van der Waals surface area contributed by atoms with E-state index in [9.17, 15) is 4.79 Å². The van der Waals surface area contributed by atoms with Crippen LogP contribution < -0.4 is 0 Å². The number of rotatable bonds is 0. The molecule has 0 radical (unpaired) electrons. The number of allylic oxidation sites excluding steroid dienone is 2. The van der Waals surface area contributed by atoms with Crippen LogP contribution in [-0.4, -0.2) is 37.0 Å². The molecule has 0 aromatic rings. The molecule has 3 aliphatic heterocycles. The predicted molar refractivity (Wildman–Crippen MR) is 72.0 cm³/mol. The van der Waals surface area contributed by atoms with Gasteiger partial charge in [0.2, 0.25) is 0 Å². The molecule has 3 saturated heterocycles. The summed E-state index contributed by atoms with van der Waals surface area (Å²) in [4.78, 5) is 11.4. The number of carbonyl (C=O) groups is 1. The van der Waals surface area contributed by atoms with Crippen molar-refractivity contribution in [2.24, 2.45) is 11.8 Å². The molecular weight excluding hydrogens is 256 g/mol. The Labute approximate surface area is 118 Å². The maximum absolute atomic E-state index is 11.4. The molecule has 0 saturated carbocycles. The highest BCUT2D eigenvalue weighted by Crippen LogP contribution is 2.48. The van der Waals surface area contributed by atoms with Gasteiger partial charge in [-0.1, -0.05) is 0 Å². The van der Waals surface area contributed by atoms with Crippen molar-refractivity contribution < 1.29 is 19.0 Å². The van der Waals surface area contributed by atoms with E-state index in [1.54, 1.807) is 12.2 Å². The van der Waals surface area contributed by atoms with Crippen LogP contribution in [0.25, 0.3) is 0 Å². The van der Waals surface area contributed by atoms with E-state index in [0.29, 0.717) is 11.8 Å². The van der Waals surface area contributed by atoms with Gasteiger partial charge in [0.05, 0.1) is 6.10 Å². The van der Waals surface area contributed by atoms with Gasteiger partial charge in [0, 0.05) is 25.0 Å². The Bertz CT molecular complexity index is 451. The quantitative estimate of drug-likeness (QED) is 0.679. The number of fused-ring (bicyclic) bond motifs is 4. The lowest BCUT2D eigenvalue weighted by molar-refractivity contribution is -0.308. The fourth-order valence-corrected chi connectivity index (χ4v) is 4.08. The molecule has 3 heterocycles. The van der Waals surface area contributed by atoms with Gasteiger partial charge in [-0.2, -0.15) is 0 Å². The highest BCUT2D eigenvalue weighted by atomic mass is 16.7. The largest absolute Gasteiger partial charge is 0.377 e.